The van der Waals surface area contributed by atoms with E-state index >= 15 is 0 Å². The van der Waals surface area contributed by atoms with Crippen molar-refractivity contribution < 1.29 is 24.2 Å². The minimum atomic E-state index is -1.16. The normalized spacial score (nSPS) is 34.2. The number of nitrogens with zero attached hydrogens (tertiary/aromatic N) is 1. The molecule has 3 fully saturated rings. The third kappa shape index (κ3) is 3.77. The van der Waals surface area contributed by atoms with Crippen LogP contribution < -0.4 is 10.6 Å². The number of carbonyl (C=O) groups excluding carboxylic acids is 3. The van der Waals surface area contributed by atoms with Gasteiger partial charge in [0.2, 0.25) is 17.7 Å². The van der Waals surface area contributed by atoms with Gasteiger partial charge in [0.1, 0.15) is 11.6 Å². The fourth-order valence-corrected chi connectivity index (χ4v) is 6.82. The molecule has 3 heterocycles. The van der Waals surface area contributed by atoms with E-state index in [1.807, 2.05) is 13.8 Å². The summed E-state index contributed by atoms with van der Waals surface area (Å²) in [5, 5.41) is 16.3. The van der Waals surface area contributed by atoms with Gasteiger partial charge in [0, 0.05) is 22.6 Å². The molecule has 8 nitrogen and oxygen atoms in total. The number of aliphatic hydroxyl groups excluding tert-OH is 1. The van der Waals surface area contributed by atoms with E-state index in [4.69, 9.17) is 16.3 Å². The number of halogens is 2. The molecule has 180 valence electrons. The molecular formula is C23H29BrClN3O5. The van der Waals surface area contributed by atoms with Gasteiger partial charge < -0.3 is 25.4 Å². The van der Waals surface area contributed by atoms with Crippen LogP contribution >= 0.6 is 27.5 Å². The van der Waals surface area contributed by atoms with Gasteiger partial charge in [0.15, 0.2) is 0 Å². The van der Waals surface area contributed by atoms with Gasteiger partial charge in [0.25, 0.3) is 0 Å². The molecule has 1 aromatic rings. The fourth-order valence-electron chi connectivity index (χ4n) is 5.75. The average Bonchev–Trinajstić information content (AvgIpc) is 3.39. The van der Waals surface area contributed by atoms with Gasteiger partial charge in [-0.15, -0.1) is 0 Å². The summed E-state index contributed by atoms with van der Waals surface area (Å²) < 4.78 is 6.40. The Labute approximate surface area is 206 Å². The van der Waals surface area contributed by atoms with Gasteiger partial charge in [0.05, 0.1) is 30.6 Å². The Hall–Kier alpha value is -1.68. The number of hydrogen-bond acceptors (Lipinski definition) is 5. The van der Waals surface area contributed by atoms with Crippen molar-refractivity contribution in [1.82, 2.24) is 10.2 Å². The topological polar surface area (TPSA) is 108 Å². The Morgan fingerprint density at radius 3 is 2.58 bits per heavy atom. The Kier molecular flexibility index (Phi) is 6.79. The zero-order chi connectivity index (χ0) is 24.1. The molecule has 4 rings (SSSR count). The highest BCUT2D eigenvalue weighted by molar-refractivity contribution is 9.09. The maximum absolute atomic E-state index is 13.9. The summed E-state index contributed by atoms with van der Waals surface area (Å²) in [6.07, 6.45) is 0.611. The highest BCUT2D eigenvalue weighted by Crippen LogP contribution is 2.60. The van der Waals surface area contributed by atoms with Crippen molar-refractivity contribution in [1.29, 1.82) is 0 Å². The first-order valence-corrected chi connectivity index (χ1v) is 12.5. The number of nitrogens with one attached hydrogen (secondary N) is 2. The van der Waals surface area contributed by atoms with Gasteiger partial charge >= 0.3 is 0 Å². The summed E-state index contributed by atoms with van der Waals surface area (Å²) in [6.45, 7) is 3.62. The molecular weight excluding hydrogens is 514 g/mol. The molecule has 3 N–H and O–H groups in total. The molecule has 3 saturated heterocycles. The van der Waals surface area contributed by atoms with E-state index in [1.54, 1.807) is 24.3 Å². The summed E-state index contributed by atoms with van der Waals surface area (Å²) in [6, 6.07) is 5.13. The highest BCUT2D eigenvalue weighted by Gasteiger charge is 2.77. The molecule has 0 saturated carbocycles. The predicted molar refractivity (Wildman–Crippen MR) is 127 cm³/mol. The number of likely N-dealkylation sites (tertiary alicyclic amines) is 1. The van der Waals surface area contributed by atoms with Crippen LogP contribution in [-0.2, 0) is 19.1 Å². The van der Waals surface area contributed by atoms with Gasteiger partial charge in [-0.25, -0.2) is 0 Å². The van der Waals surface area contributed by atoms with Crippen molar-refractivity contribution in [2.45, 2.75) is 55.3 Å². The number of anilines is 1. The predicted octanol–water partition coefficient (Wildman–Crippen LogP) is 2.18. The van der Waals surface area contributed by atoms with Crippen LogP contribution in [-0.4, -0.2) is 70.0 Å². The van der Waals surface area contributed by atoms with Crippen molar-refractivity contribution in [2.75, 3.05) is 19.0 Å². The molecule has 3 aliphatic heterocycles. The summed E-state index contributed by atoms with van der Waals surface area (Å²) in [7, 11) is 1.53. The Balaban J connectivity index is 1.79. The molecule has 1 spiro atoms. The molecule has 1 aromatic carbocycles. The van der Waals surface area contributed by atoms with Gasteiger partial charge in [-0.1, -0.05) is 47.8 Å². The van der Waals surface area contributed by atoms with E-state index < -0.39 is 41.5 Å². The van der Waals surface area contributed by atoms with E-state index in [9.17, 15) is 19.5 Å². The third-order valence-electron chi connectivity index (χ3n) is 7.48. The fraction of sp³-hybridized carbons (Fsp3) is 0.609. The van der Waals surface area contributed by atoms with Crippen LogP contribution in [0.4, 0.5) is 5.69 Å². The quantitative estimate of drug-likeness (QED) is 0.458. The third-order valence-corrected chi connectivity index (χ3v) is 8.58. The number of carbonyl (C=O) groups is 3. The number of alkyl halides is 1. The molecule has 0 radical (unpaired) electrons. The maximum Gasteiger partial charge on any atom is 0.250 e. The molecule has 8 atom stereocenters. The van der Waals surface area contributed by atoms with Crippen LogP contribution in [0.25, 0.3) is 0 Å². The zero-order valence-corrected chi connectivity index (χ0v) is 21.1. The lowest BCUT2D eigenvalue weighted by Gasteiger charge is -2.38. The SMILES string of the molecule is CC[C@H](C)[C@H](CO)N1C(=O)[C@@H]2[C@H](C(=O)NC)[C@H]3OC2(CC3Br)C1C(=O)Nc1ccc(Cl)cc1. The van der Waals surface area contributed by atoms with E-state index in [0.717, 1.165) is 0 Å². The van der Waals surface area contributed by atoms with Crippen molar-refractivity contribution >= 4 is 50.9 Å². The second-order valence-corrected chi connectivity index (χ2v) is 10.8. The molecule has 3 unspecified atom stereocenters. The molecule has 0 aliphatic carbocycles. The van der Waals surface area contributed by atoms with E-state index in [2.05, 4.69) is 26.6 Å². The Bertz CT molecular complexity index is 947. The van der Waals surface area contributed by atoms with Crippen LogP contribution in [0.2, 0.25) is 5.02 Å². The number of benzene rings is 1. The van der Waals surface area contributed by atoms with Crippen molar-refractivity contribution in [3.05, 3.63) is 29.3 Å². The van der Waals surface area contributed by atoms with Crippen molar-refractivity contribution in [3.8, 4) is 0 Å². The molecule has 0 aromatic heterocycles. The van der Waals surface area contributed by atoms with Gasteiger partial charge in [-0.05, 0) is 36.6 Å². The standard InChI is InChI=1S/C23H29BrClN3O5/c1-4-11(2)15(10-29)28-19(21(31)27-13-7-5-12(25)6-8-13)23-9-14(24)18(33-23)16(20(30)26-3)17(23)22(28)32/h5-8,11,14-19,29H,4,9-10H2,1-3H3,(H,26,30)(H,27,31)/t11-,14?,15-,16-,17-,18-,19?,23?/m0/s1. The summed E-state index contributed by atoms with van der Waals surface area (Å²) in [4.78, 5) is 41.8. The van der Waals surface area contributed by atoms with Crippen molar-refractivity contribution in [3.63, 3.8) is 0 Å². The lowest BCUT2D eigenvalue weighted by atomic mass is 9.70. The summed E-state index contributed by atoms with van der Waals surface area (Å²) in [5.74, 6) is -2.58. The van der Waals surface area contributed by atoms with E-state index in [0.29, 0.717) is 23.6 Å². The minimum Gasteiger partial charge on any atom is -0.394 e. The summed E-state index contributed by atoms with van der Waals surface area (Å²) >= 11 is 9.59. The number of hydrogen-bond donors (Lipinski definition) is 3. The van der Waals surface area contributed by atoms with Gasteiger partial charge in [-0.2, -0.15) is 0 Å². The van der Waals surface area contributed by atoms with Crippen LogP contribution in [0.15, 0.2) is 24.3 Å². The molecule has 10 heteroatoms. The number of rotatable bonds is 7. The lowest BCUT2D eigenvalue weighted by Crippen LogP contribution is -2.57. The molecule has 3 aliphatic rings. The van der Waals surface area contributed by atoms with Crippen LogP contribution in [0.1, 0.15) is 26.7 Å². The molecule has 3 amide bonds. The first-order chi connectivity index (χ1) is 15.7. The van der Waals surface area contributed by atoms with Crippen LogP contribution in [0.3, 0.4) is 0 Å². The lowest BCUT2D eigenvalue weighted by molar-refractivity contribution is -0.145. The first-order valence-electron chi connectivity index (χ1n) is 11.2. The summed E-state index contributed by atoms with van der Waals surface area (Å²) in [5.41, 5.74) is -0.628. The van der Waals surface area contributed by atoms with Gasteiger partial charge in [-0.3, -0.25) is 14.4 Å². The monoisotopic (exact) mass is 541 g/mol. The largest absolute Gasteiger partial charge is 0.394 e. The van der Waals surface area contributed by atoms with E-state index in [1.165, 1.54) is 11.9 Å². The number of amides is 3. The van der Waals surface area contributed by atoms with Crippen LogP contribution in [0, 0.1) is 17.8 Å². The second kappa shape index (κ2) is 9.17. The number of ether oxygens (including phenoxy) is 1. The smallest absolute Gasteiger partial charge is 0.250 e. The number of aliphatic hydroxyl groups is 1. The molecule has 33 heavy (non-hydrogen) atoms. The first kappa shape index (κ1) is 24.4. The second-order valence-electron chi connectivity index (χ2n) is 9.15. The average molecular weight is 543 g/mol. The maximum atomic E-state index is 13.9. The van der Waals surface area contributed by atoms with Crippen molar-refractivity contribution in [2.24, 2.45) is 17.8 Å². The highest BCUT2D eigenvalue weighted by atomic mass is 79.9. The minimum absolute atomic E-state index is 0.0598. The Morgan fingerprint density at radius 1 is 1.33 bits per heavy atom. The van der Waals surface area contributed by atoms with Crippen LogP contribution in [0.5, 0.6) is 0 Å². The van der Waals surface area contributed by atoms with E-state index in [-0.39, 0.29) is 29.2 Å². The Morgan fingerprint density at radius 2 is 2.00 bits per heavy atom. The number of fused-ring (bicyclic) bond motifs is 1. The molecule has 2 bridgehead atoms. The zero-order valence-electron chi connectivity index (χ0n) is 18.8.